The fraction of sp³-hybridized carbons (Fsp3) is 0.357. The number of carbonyl (C=O) groups excluding carboxylic acids is 2. The normalized spacial score (nSPS) is 18.7. The Morgan fingerprint density at radius 2 is 1.63 bits per heavy atom. The van der Waals surface area contributed by atoms with Gasteiger partial charge in [0.05, 0.1) is 12.6 Å². The Bertz CT molecular complexity index is 1190. The summed E-state index contributed by atoms with van der Waals surface area (Å²) >= 11 is 7.94. The third kappa shape index (κ3) is 5.30. The first kappa shape index (κ1) is 24.0. The topological polar surface area (TPSA) is 43.9 Å². The van der Waals surface area contributed by atoms with E-state index in [1.54, 1.807) is 11.3 Å². The summed E-state index contributed by atoms with van der Waals surface area (Å²) < 4.78 is 0. The zero-order chi connectivity index (χ0) is 24.4. The van der Waals surface area contributed by atoms with Crippen LogP contribution in [-0.2, 0) is 11.2 Å². The zero-order valence-corrected chi connectivity index (χ0v) is 21.5. The lowest BCUT2D eigenvalue weighted by atomic mass is 9.93. The van der Waals surface area contributed by atoms with Crippen LogP contribution in [0.15, 0.2) is 60.0 Å². The monoisotopic (exact) mass is 507 g/mol. The molecule has 7 heteroatoms. The van der Waals surface area contributed by atoms with Gasteiger partial charge in [-0.25, -0.2) is 0 Å². The molecule has 0 N–H and O–H groups in total. The predicted molar refractivity (Wildman–Crippen MR) is 141 cm³/mol. The number of rotatable bonds is 4. The van der Waals surface area contributed by atoms with Crippen LogP contribution in [0.3, 0.4) is 0 Å². The molecule has 5 nitrogen and oxygen atoms in total. The zero-order valence-electron chi connectivity index (χ0n) is 20.0. The number of carbonyl (C=O) groups is 2. The van der Waals surface area contributed by atoms with Crippen molar-refractivity contribution in [1.29, 1.82) is 0 Å². The number of amides is 2. The molecule has 0 saturated carbocycles. The van der Waals surface area contributed by atoms with E-state index in [-0.39, 0.29) is 17.9 Å². The summed E-state index contributed by atoms with van der Waals surface area (Å²) in [6, 6.07) is 17.9. The molecule has 182 valence electrons. The van der Waals surface area contributed by atoms with Crippen LogP contribution < -0.4 is 0 Å². The number of aryl methyl sites for hydroxylation is 1. The van der Waals surface area contributed by atoms with Crippen LogP contribution in [0.25, 0.3) is 0 Å². The maximum absolute atomic E-state index is 13.4. The fourth-order valence-electron chi connectivity index (χ4n) is 5.10. The molecule has 1 aromatic heterocycles. The Labute approximate surface area is 215 Å². The quantitative estimate of drug-likeness (QED) is 0.497. The van der Waals surface area contributed by atoms with Crippen molar-refractivity contribution in [2.24, 2.45) is 0 Å². The SMILES string of the molecule is Cc1ccc(C(=O)N2CCCN(C(=O)CN3CCc4sccc4C3c3ccc(Cl)cc3)CC2)cc1. The minimum absolute atomic E-state index is 0.0446. The van der Waals surface area contributed by atoms with Crippen LogP contribution in [0.5, 0.6) is 0 Å². The Kier molecular flexibility index (Phi) is 7.23. The number of halogens is 1. The highest BCUT2D eigenvalue weighted by Gasteiger charge is 2.32. The first-order valence-corrected chi connectivity index (χ1v) is 13.4. The molecule has 1 fully saturated rings. The van der Waals surface area contributed by atoms with Gasteiger partial charge in [-0.3, -0.25) is 14.5 Å². The van der Waals surface area contributed by atoms with E-state index in [0.29, 0.717) is 43.3 Å². The van der Waals surface area contributed by atoms with Gasteiger partial charge in [-0.2, -0.15) is 0 Å². The van der Waals surface area contributed by atoms with Crippen LogP contribution >= 0.6 is 22.9 Å². The smallest absolute Gasteiger partial charge is 0.253 e. The maximum atomic E-state index is 13.4. The third-order valence-electron chi connectivity index (χ3n) is 7.02. The van der Waals surface area contributed by atoms with E-state index in [1.807, 2.05) is 53.1 Å². The second-order valence-corrected chi connectivity index (χ2v) is 10.8. The molecule has 0 spiro atoms. The molecule has 2 aromatic carbocycles. The van der Waals surface area contributed by atoms with Crippen molar-refractivity contribution >= 4 is 34.8 Å². The average molecular weight is 508 g/mol. The predicted octanol–water partition coefficient (Wildman–Crippen LogP) is 5.03. The van der Waals surface area contributed by atoms with E-state index in [9.17, 15) is 9.59 Å². The van der Waals surface area contributed by atoms with Crippen molar-refractivity contribution in [1.82, 2.24) is 14.7 Å². The number of hydrogen-bond acceptors (Lipinski definition) is 4. The highest BCUT2D eigenvalue weighted by Crippen LogP contribution is 2.38. The van der Waals surface area contributed by atoms with E-state index < -0.39 is 0 Å². The van der Waals surface area contributed by atoms with Gasteiger partial charge in [-0.05, 0) is 66.6 Å². The van der Waals surface area contributed by atoms with Gasteiger partial charge in [0.15, 0.2) is 0 Å². The van der Waals surface area contributed by atoms with Crippen molar-refractivity contribution in [2.45, 2.75) is 25.8 Å². The summed E-state index contributed by atoms with van der Waals surface area (Å²) in [6.07, 6.45) is 1.75. The van der Waals surface area contributed by atoms with Crippen LogP contribution in [-0.4, -0.2) is 65.8 Å². The van der Waals surface area contributed by atoms with E-state index in [2.05, 4.69) is 28.5 Å². The van der Waals surface area contributed by atoms with Gasteiger partial charge in [-0.1, -0.05) is 41.4 Å². The largest absolute Gasteiger partial charge is 0.340 e. The van der Waals surface area contributed by atoms with Gasteiger partial charge in [0.1, 0.15) is 0 Å². The summed E-state index contributed by atoms with van der Waals surface area (Å²) in [4.78, 5) is 33.9. The van der Waals surface area contributed by atoms with Gasteiger partial charge in [0.2, 0.25) is 5.91 Å². The van der Waals surface area contributed by atoms with Crippen LogP contribution in [0.4, 0.5) is 0 Å². The molecule has 1 saturated heterocycles. The molecule has 1 atom stereocenters. The molecular formula is C28H30ClN3O2S. The van der Waals surface area contributed by atoms with Crippen molar-refractivity contribution in [2.75, 3.05) is 39.3 Å². The second-order valence-electron chi connectivity index (χ2n) is 9.37. The van der Waals surface area contributed by atoms with Gasteiger partial charge in [0.25, 0.3) is 5.91 Å². The average Bonchev–Trinajstić information content (AvgIpc) is 3.20. The standard InChI is InChI=1S/C28H30ClN3O2S/c1-20-3-5-22(6-4-20)28(34)31-14-2-13-30(16-17-31)26(33)19-32-15-11-25-24(12-18-35-25)27(32)21-7-9-23(29)10-8-21/h3-10,12,18,27H,2,11,13-17,19H2,1H3. The lowest BCUT2D eigenvalue weighted by Crippen LogP contribution is -2.45. The lowest BCUT2D eigenvalue weighted by molar-refractivity contribution is -0.132. The molecule has 3 aromatic rings. The molecule has 0 radical (unpaired) electrons. The van der Waals surface area contributed by atoms with Crippen molar-refractivity contribution in [3.8, 4) is 0 Å². The van der Waals surface area contributed by atoms with E-state index in [0.717, 1.165) is 30.5 Å². The fourth-order valence-corrected chi connectivity index (χ4v) is 6.13. The second kappa shape index (κ2) is 10.5. The molecule has 2 amide bonds. The van der Waals surface area contributed by atoms with E-state index in [1.165, 1.54) is 10.4 Å². The van der Waals surface area contributed by atoms with Gasteiger partial charge in [-0.15, -0.1) is 11.3 Å². The van der Waals surface area contributed by atoms with E-state index >= 15 is 0 Å². The number of thiophene rings is 1. The molecular weight excluding hydrogens is 478 g/mol. The van der Waals surface area contributed by atoms with Crippen molar-refractivity contribution < 1.29 is 9.59 Å². The molecule has 3 heterocycles. The molecule has 5 rings (SSSR count). The highest BCUT2D eigenvalue weighted by molar-refractivity contribution is 7.10. The number of benzene rings is 2. The Morgan fingerprint density at radius 3 is 2.40 bits per heavy atom. The summed E-state index contributed by atoms with van der Waals surface area (Å²) in [6.45, 7) is 5.72. The lowest BCUT2D eigenvalue weighted by Gasteiger charge is -2.37. The van der Waals surface area contributed by atoms with Crippen LogP contribution in [0.2, 0.25) is 5.02 Å². The van der Waals surface area contributed by atoms with Gasteiger partial charge >= 0.3 is 0 Å². The Hall–Kier alpha value is -2.67. The summed E-state index contributed by atoms with van der Waals surface area (Å²) in [5.41, 5.74) is 4.30. The summed E-state index contributed by atoms with van der Waals surface area (Å²) in [7, 11) is 0. The maximum Gasteiger partial charge on any atom is 0.253 e. The molecule has 35 heavy (non-hydrogen) atoms. The highest BCUT2D eigenvalue weighted by atomic mass is 35.5. The minimum Gasteiger partial charge on any atom is -0.340 e. The van der Waals surface area contributed by atoms with Gasteiger partial charge < -0.3 is 9.80 Å². The number of nitrogens with zero attached hydrogens (tertiary/aromatic N) is 3. The molecule has 2 aliphatic rings. The third-order valence-corrected chi connectivity index (χ3v) is 8.27. The summed E-state index contributed by atoms with van der Waals surface area (Å²) in [5, 5.41) is 2.86. The molecule has 2 aliphatic heterocycles. The first-order valence-electron chi connectivity index (χ1n) is 12.2. The molecule has 0 bridgehead atoms. The van der Waals surface area contributed by atoms with Crippen LogP contribution in [0, 0.1) is 6.92 Å². The Morgan fingerprint density at radius 1 is 0.914 bits per heavy atom. The first-order chi connectivity index (χ1) is 17.0. The minimum atomic E-state index is 0.0446. The molecule has 0 aliphatic carbocycles. The number of fused-ring (bicyclic) bond motifs is 1. The number of hydrogen-bond donors (Lipinski definition) is 0. The van der Waals surface area contributed by atoms with Gasteiger partial charge in [0, 0.05) is 48.2 Å². The van der Waals surface area contributed by atoms with Crippen molar-refractivity contribution in [3.05, 3.63) is 92.1 Å². The molecule has 1 unspecified atom stereocenters. The summed E-state index contributed by atoms with van der Waals surface area (Å²) in [5.74, 6) is 0.176. The van der Waals surface area contributed by atoms with Crippen molar-refractivity contribution in [3.63, 3.8) is 0 Å². The van der Waals surface area contributed by atoms with E-state index in [4.69, 9.17) is 11.6 Å². The Balaban J connectivity index is 1.27. The van der Waals surface area contributed by atoms with Crippen LogP contribution in [0.1, 0.15) is 44.4 Å².